The van der Waals surface area contributed by atoms with Gasteiger partial charge in [0.05, 0.1) is 42.0 Å². The highest BCUT2D eigenvalue weighted by atomic mass is 16.7. The number of amides is 1. The van der Waals surface area contributed by atoms with Crippen LogP contribution in [0.2, 0.25) is 0 Å². The zero-order chi connectivity index (χ0) is 61.1. The van der Waals surface area contributed by atoms with Gasteiger partial charge < -0.3 is 131 Å². The first-order valence-electron chi connectivity index (χ1n) is 27.4. The van der Waals surface area contributed by atoms with E-state index in [0.717, 1.165) is 13.0 Å². The van der Waals surface area contributed by atoms with Crippen molar-refractivity contribution in [2.24, 2.45) is 34.0 Å². The van der Waals surface area contributed by atoms with Crippen LogP contribution in [0.5, 0.6) is 0 Å². The fraction of sp³-hybridized carbons (Fsp3) is 0.849. The lowest BCUT2D eigenvalue weighted by molar-refractivity contribution is -0.321. The van der Waals surface area contributed by atoms with E-state index in [0.29, 0.717) is 44.1 Å². The minimum Gasteiger partial charge on any atom is -0.507 e. The van der Waals surface area contributed by atoms with Crippen LogP contribution in [0.1, 0.15) is 111 Å². The summed E-state index contributed by atoms with van der Waals surface area (Å²) in [4.78, 5) is 26.7. The van der Waals surface area contributed by atoms with Gasteiger partial charge in [-0.3, -0.25) is 9.59 Å². The van der Waals surface area contributed by atoms with Crippen molar-refractivity contribution < 1.29 is 135 Å². The summed E-state index contributed by atoms with van der Waals surface area (Å²) < 4.78 is 28.8. The van der Waals surface area contributed by atoms with Crippen LogP contribution >= 0.6 is 0 Å². The number of carbonyl (C=O) groups is 2. The van der Waals surface area contributed by atoms with E-state index in [2.05, 4.69) is 11.9 Å². The van der Waals surface area contributed by atoms with Crippen molar-refractivity contribution in [3.8, 4) is 0 Å². The van der Waals surface area contributed by atoms with E-state index in [9.17, 15) is 112 Å². The molecule has 81 heavy (non-hydrogen) atoms. The number of ether oxygens (including phenoxy) is 5. The monoisotopic (exact) mass is 1170 g/mol. The van der Waals surface area contributed by atoms with Crippen molar-refractivity contribution in [1.82, 2.24) is 5.32 Å². The zero-order valence-electron chi connectivity index (χ0n) is 46.3. The molecule has 28 nitrogen and oxygen atoms in total. The van der Waals surface area contributed by atoms with Gasteiger partial charge in [-0.25, -0.2) is 0 Å². The van der Waals surface area contributed by atoms with Crippen LogP contribution < -0.4 is 5.32 Å². The summed E-state index contributed by atoms with van der Waals surface area (Å²) in [5.74, 6) is -6.95. The molecule has 0 aromatic carbocycles. The van der Waals surface area contributed by atoms with Crippen molar-refractivity contribution in [3.05, 3.63) is 35.5 Å². The Morgan fingerprint density at radius 3 is 1.83 bits per heavy atom. The predicted molar refractivity (Wildman–Crippen MR) is 276 cm³/mol. The topological polar surface area (TPSA) is 497 Å². The van der Waals surface area contributed by atoms with Gasteiger partial charge in [-0.1, -0.05) is 19.9 Å². The second-order valence-corrected chi connectivity index (χ2v) is 22.9. The Morgan fingerprint density at radius 2 is 1.26 bits per heavy atom. The van der Waals surface area contributed by atoms with Crippen molar-refractivity contribution in [2.75, 3.05) is 33.0 Å². The molecule has 1 spiro atoms. The second-order valence-electron chi connectivity index (χ2n) is 22.9. The molecular formula is C53H91NO27. The number of rotatable bonds is 34. The lowest BCUT2D eigenvalue weighted by Gasteiger charge is -2.64. The average molecular weight is 1170 g/mol. The van der Waals surface area contributed by atoms with E-state index in [1.54, 1.807) is 6.92 Å². The molecule has 21 N–H and O–H groups in total. The van der Waals surface area contributed by atoms with Crippen LogP contribution in [-0.4, -0.2) is 251 Å². The highest BCUT2D eigenvalue weighted by Gasteiger charge is 2.69. The molecule has 470 valence electrons. The maximum absolute atomic E-state index is 14.6. The van der Waals surface area contributed by atoms with Crippen LogP contribution in [0.4, 0.5) is 0 Å². The molecule has 2 bridgehead atoms. The number of carbonyl (C=O) groups excluding carboxylic acids is 2. The predicted octanol–water partition coefficient (Wildman–Crippen LogP) is -4.22. The minimum absolute atomic E-state index is 0.148. The minimum atomic E-state index is -2.57. The van der Waals surface area contributed by atoms with Gasteiger partial charge >= 0.3 is 5.97 Å². The van der Waals surface area contributed by atoms with Gasteiger partial charge in [0.25, 0.3) is 6.29 Å². The molecule has 18 unspecified atom stereocenters. The lowest BCUT2D eigenvalue weighted by atomic mass is 9.41. The summed E-state index contributed by atoms with van der Waals surface area (Å²) in [5, 5.41) is 214. The number of aliphatic hydroxyl groups is 20. The molecule has 0 aliphatic heterocycles. The van der Waals surface area contributed by atoms with Gasteiger partial charge in [0.15, 0.2) is 18.3 Å². The Hall–Kier alpha value is -3.28. The normalized spacial score (nSPS) is 31.6. The van der Waals surface area contributed by atoms with Crippen molar-refractivity contribution in [3.63, 3.8) is 0 Å². The highest BCUT2D eigenvalue weighted by molar-refractivity contribution is 5.77. The van der Waals surface area contributed by atoms with E-state index in [1.165, 1.54) is 6.92 Å². The van der Waals surface area contributed by atoms with Gasteiger partial charge in [-0.2, -0.15) is 0 Å². The van der Waals surface area contributed by atoms with Crippen molar-refractivity contribution in [1.29, 1.82) is 0 Å². The van der Waals surface area contributed by atoms with Crippen LogP contribution in [0, 0.1) is 34.0 Å². The number of hydrogen-bond donors (Lipinski definition) is 21. The molecule has 0 aromatic rings. The number of esters is 1. The number of nitrogens with one attached hydrogen (secondary N) is 1. The molecule has 0 radical (unpaired) electrons. The van der Waals surface area contributed by atoms with Gasteiger partial charge in [-0.05, 0) is 119 Å². The molecule has 4 aliphatic rings. The van der Waals surface area contributed by atoms with Gasteiger partial charge in [-0.15, -0.1) is 0 Å². The van der Waals surface area contributed by atoms with E-state index < -0.39 is 220 Å². The Balaban J connectivity index is 1.68. The number of hydrogen-bond acceptors (Lipinski definition) is 27. The highest BCUT2D eigenvalue weighted by Crippen LogP contribution is 2.73. The first-order chi connectivity index (χ1) is 37.9. The Bertz CT molecular complexity index is 2080. The smallest absolute Gasteiger partial charge is 0.314 e. The van der Waals surface area contributed by atoms with Crippen molar-refractivity contribution >= 4 is 11.9 Å². The number of fused-ring (bicyclic) bond motifs is 3. The van der Waals surface area contributed by atoms with Crippen LogP contribution in [0.3, 0.4) is 0 Å². The third kappa shape index (κ3) is 16.2. The van der Waals surface area contributed by atoms with Gasteiger partial charge in [0.1, 0.15) is 48.4 Å². The molecule has 1 amide bonds. The largest absolute Gasteiger partial charge is 0.507 e. The van der Waals surface area contributed by atoms with Gasteiger partial charge in [0, 0.05) is 45.7 Å². The SMILES string of the molecule is C=C1C[C@@]23CCC4[C@](C)(C(=O)OC(O)/C(OC(O)C(NC(C)=O)C(O)C(O)CCO)=C(\O)C(O)CCO)CCC[C@@]4(C)[C@@H]2CC[C@]1(OC(O)C(OC(O)C(O)C(O)C(O)CCO)C(OC(O)/C(O)=C\C(CO)C(C)O)C(O)CCO)C3. The summed E-state index contributed by atoms with van der Waals surface area (Å²) in [5.41, 5.74) is -3.56. The third-order valence-electron chi connectivity index (χ3n) is 17.4. The van der Waals surface area contributed by atoms with Gasteiger partial charge in [0.2, 0.25) is 24.2 Å². The zero-order valence-corrected chi connectivity index (χ0v) is 46.3. The second kappa shape index (κ2) is 30.2. The molecule has 0 saturated heterocycles. The van der Waals surface area contributed by atoms with E-state index in [-0.39, 0.29) is 25.2 Å². The first kappa shape index (κ1) is 70.2. The molecule has 28 heteroatoms. The fourth-order valence-electron chi connectivity index (χ4n) is 13.1. The Labute approximate surface area is 469 Å². The summed E-state index contributed by atoms with van der Waals surface area (Å²) in [7, 11) is 0. The van der Waals surface area contributed by atoms with E-state index >= 15 is 0 Å². The molecule has 0 heterocycles. The maximum Gasteiger partial charge on any atom is 0.314 e. The summed E-state index contributed by atoms with van der Waals surface area (Å²) in [6.45, 7) is 6.93. The Kier molecular flexibility index (Phi) is 26.2. The molecular weight excluding hydrogens is 1080 g/mol. The Morgan fingerprint density at radius 1 is 0.679 bits per heavy atom. The molecule has 0 aromatic heterocycles. The van der Waals surface area contributed by atoms with E-state index in [1.807, 2.05) is 6.92 Å². The average Bonchev–Trinajstić information content (AvgIpc) is 3.92. The fourth-order valence-corrected chi connectivity index (χ4v) is 13.1. The molecule has 4 rings (SSSR count). The molecule has 4 saturated carbocycles. The van der Waals surface area contributed by atoms with E-state index in [4.69, 9.17) is 23.7 Å². The van der Waals surface area contributed by atoms with Crippen LogP contribution in [0.25, 0.3) is 0 Å². The molecule has 4 aliphatic carbocycles. The molecule has 23 atom stereocenters. The summed E-state index contributed by atoms with van der Waals surface area (Å²) >= 11 is 0. The maximum atomic E-state index is 14.6. The lowest BCUT2D eigenvalue weighted by Crippen LogP contribution is -2.60. The summed E-state index contributed by atoms with van der Waals surface area (Å²) in [6.07, 6.45) is -29.8. The van der Waals surface area contributed by atoms with Crippen LogP contribution in [-0.2, 0) is 33.3 Å². The summed E-state index contributed by atoms with van der Waals surface area (Å²) in [6, 6.07) is -1.90. The first-order valence-corrected chi connectivity index (χ1v) is 27.4. The third-order valence-corrected chi connectivity index (χ3v) is 17.4. The van der Waals surface area contributed by atoms with Crippen LogP contribution in [0.15, 0.2) is 35.5 Å². The molecule has 4 fully saturated rings. The number of aliphatic hydroxyl groups excluding tert-OH is 20. The quantitative estimate of drug-likeness (QED) is 0.0126. The standard InChI is InChI=1S/C53H91NO27/c1-25-22-52-15-7-34-50(4,13-6-14-51(34,5)49(76)80-47(74)42(39(69)31(64)11-19-57)78-45(72)36(54-27(3)61)37(67)29(62)9-17-55)35(52)8-16-53(25,24-52)81-48(75)43(79-46(73)40(70)38(68)30(63)10-18-56)41(32(65)12-20-58)77-44(71)33(66)21-28(23-59)26(2)60/h21,26,28-32,34-38,40-41,43-48,55-60,62-75H,1,6-20,22-24H2,2-5H3,(H,54,61)/b33-21+,42-39+/t26?,28?,29?,30?,31?,32?,34?,35-,36?,37?,38?,40?,41?,43?,44?,45?,46?,47?,48?,50+,51+,52+,53-/m0/s1. The van der Waals surface area contributed by atoms with Crippen molar-refractivity contribution in [2.45, 2.75) is 215 Å².